The molecule has 2 N–H and O–H groups in total. The monoisotopic (exact) mass is 449 g/mol. The van der Waals surface area contributed by atoms with Gasteiger partial charge in [-0.2, -0.15) is 0 Å². The number of hydrogen-bond acceptors (Lipinski definition) is 6. The molecule has 1 aromatic carbocycles. The van der Waals surface area contributed by atoms with Gasteiger partial charge in [-0.25, -0.2) is 14.2 Å². The van der Waals surface area contributed by atoms with Crippen LogP contribution in [0.25, 0.3) is 22.3 Å². The van der Waals surface area contributed by atoms with E-state index in [1.165, 1.54) is 13.2 Å². The first kappa shape index (κ1) is 20.5. The highest BCUT2D eigenvalue weighted by molar-refractivity contribution is 5.93. The first-order valence-corrected chi connectivity index (χ1v) is 11.2. The van der Waals surface area contributed by atoms with E-state index in [-0.39, 0.29) is 24.0 Å². The Morgan fingerprint density at radius 1 is 1.30 bits per heavy atom. The van der Waals surface area contributed by atoms with E-state index < -0.39 is 11.6 Å². The molecule has 0 unspecified atom stereocenters. The molecule has 33 heavy (non-hydrogen) atoms. The fourth-order valence-corrected chi connectivity index (χ4v) is 5.92. The maximum atomic E-state index is 14.7. The van der Waals surface area contributed by atoms with Crippen molar-refractivity contribution in [1.82, 2.24) is 9.55 Å². The van der Waals surface area contributed by atoms with E-state index >= 15 is 0 Å². The lowest BCUT2D eigenvalue weighted by Crippen LogP contribution is -2.45. The van der Waals surface area contributed by atoms with Crippen LogP contribution < -0.4 is 11.3 Å². The molecule has 0 amide bonds. The molecule has 2 atom stereocenters. The van der Waals surface area contributed by atoms with Crippen molar-refractivity contribution in [2.75, 3.05) is 7.11 Å². The van der Waals surface area contributed by atoms with Gasteiger partial charge < -0.3 is 19.8 Å². The molecule has 0 saturated heterocycles. The van der Waals surface area contributed by atoms with Gasteiger partial charge in [0.2, 0.25) is 0 Å². The van der Waals surface area contributed by atoms with Crippen molar-refractivity contribution in [3.63, 3.8) is 0 Å². The Hall–Kier alpha value is -3.10. The minimum atomic E-state index is -1.34. The van der Waals surface area contributed by atoms with E-state index in [0.717, 1.165) is 22.1 Å². The summed E-state index contributed by atoms with van der Waals surface area (Å²) in [6.07, 6.45) is 1.72. The summed E-state index contributed by atoms with van der Waals surface area (Å²) in [5.41, 5.74) is 11.1. The van der Waals surface area contributed by atoms with Crippen molar-refractivity contribution in [1.29, 1.82) is 0 Å². The van der Waals surface area contributed by atoms with Crippen molar-refractivity contribution in [3.8, 4) is 11.4 Å². The number of aromatic nitrogens is 2. The van der Waals surface area contributed by atoms with Crippen LogP contribution in [0.1, 0.15) is 59.2 Å². The van der Waals surface area contributed by atoms with Gasteiger partial charge in [-0.3, -0.25) is 4.79 Å². The molecule has 7 nitrogen and oxygen atoms in total. The number of aryl methyl sites for hydroxylation is 1. The van der Waals surface area contributed by atoms with Crippen molar-refractivity contribution in [2.24, 2.45) is 5.73 Å². The number of halogens is 1. The molecule has 0 spiro atoms. The predicted octanol–water partition coefficient (Wildman–Crippen LogP) is 3.13. The zero-order valence-corrected chi connectivity index (χ0v) is 18.8. The number of rotatable bonds is 2. The van der Waals surface area contributed by atoms with E-state index in [1.807, 2.05) is 13.0 Å². The first-order chi connectivity index (χ1) is 15.8. The Balaban J connectivity index is 1.70. The zero-order valence-electron chi connectivity index (χ0n) is 18.8. The van der Waals surface area contributed by atoms with Crippen LogP contribution >= 0.6 is 0 Å². The molecule has 0 saturated carbocycles. The van der Waals surface area contributed by atoms with Crippen LogP contribution in [0, 0.1) is 12.7 Å². The fourth-order valence-electron chi connectivity index (χ4n) is 5.92. The minimum absolute atomic E-state index is 0.0922. The van der Waals surface area contributed by atoms with Crippen LogP contribution in [0.4, 0.5) is 4.39 Å². The van der Waals surface area contributed by atoms with Crippen LogP contribution in [0.15, 0.2) is 16.9 Å². The van der Waals surface area contributed by atoms with Crippen LogP contribution in [-0.2, 0) is 39.4 Å². The second-order valence-corrected chi connectivity index (χ2v) is 9.13. The quantitative estimate of drug-likeness (QED) is 0.473. The number of nitrogens with two attached hydrogens (primary N) is 1. The number of benzene rings is 1. The number of carbonyl (C=O) groups excluding carboxylic acids is 1. The molecule has 2 aliphatic heterocycles. The number of nitrogens with zero attached hydrogens (tertiary/aromatic N) is 2. The number of fused-ring (bicyclic) bond motifs is 5. The SMILES string of the molecule is CC[C@@]1(OC)C(=O)OCc2c1cc1n(c2=O)Cc2c-1nc1cc(F)c(C)c3c1c2[C@@H](N)CC3. The van der Waals surface area contributed by atoms with Crippen molar-refractivity contribution in [2.45, 2.75) is 57.9 Å². The number of pyridine rings is 2. The second-order valence-electron chi connectivity index (χ2n) is 9.13. The van der Waals surface area contributed by atoms with Crippen LogP contribution in [-0.4, -0.2) is 22.6 Å². The normalized spacial score (nSPS) is 22.7. The maximum absolute atomic E-state index is 14.7. The molecule has 6 rings (SSSR count). The van der Waals surface area contributed by atoms with Gasteiger partial charge in [-0.15, -0.1) is 0 Å². The van der Waals surface area contributed by atoms with Gasteiger partial charge >= 0.3 is 5.97 Å². The lowest BCUT2D eigenvalue weighted by molar-refractivity contribution is -0.176. The van der Waals surface area contributed by atoms with Gasteiger partial charge in [0, 0.05) is 35.7 Å². The fraction of sp³-hybridized carbons (Fsp3) is 0.400. The minimum Gasteiger partial charge on any atom is -0.458 e. The molecule has 8 heteroatoms. The van der Waals surface area contributed by atoms with Crippen molar-refractivity contribution in [3.05, 3.63) is 61.7 Å². The lowest BCUT2D eigenvalue weighted by atomic mass is 9.82. The summed E-state index contributed by atoms with van der Waals surface area (Å²) >= 11 is 0. The van der Waals surface area contributed by atoms with E-state index in [4.69, 9.17) is 20.2 Å². The molecule has 3 aromatic rings. The number of cyclic esters (lactones) is 1. The molecular formula is C25H24FN3O4. The summed E-state index contributed by atoms with van der Waals surface area (Å²) in [6.45, 7) is 3.85. The highest BCUT2D eigenvalue weighted by Crippen LogP contribution is 2.45. The molecule has 0 radical (unpaired) electrons. The van der Waals surface area contributed by atoms with Gasteiger partial charge in [0.1, 0.15) is 12.4 Å². The summed E-state index contributed by atoms with van der Waals surface area (Å²) in [6, 6.07) is 3.05. The number of carbonyl (C=O) groups is 1. The summed E-state index contributed by atoms with van der Waals surface area (Å²) in [7, 11) is 1.44. The van der Waals surface area contributed by atoms with Gasteiger partial charge in [0.15, 0.2) is 5.60 Å². The molecular weight excluding hydrogens is 425 g/mol. The Morgan fingerprint density at radius 3 is 2.82 bits per heavy atom. The van der Waals surface area contributed by atoms with E-state index in [2.05, 4.69) is 0 Å². The van der Waals surface area contributed by atoms with Crippen LogP contribution in [0.2, 0.25) is 0 Å². The third-order valence-corrected chi connectivity index (χ3v) is 7.74. The number of methoxy groups -OCH3 is 1. The van der Waals surface area contributed by atoms with Gasteiger partial charge in [-0.1, -0.05) is 6.92 Å². The number of esters is 1. The highest BCUT2D eigenvalue weighted by Gasteiger charge is 2.47. The Kier molecular flexibility index (Phi) is 4.17. The van der Waals surface area contributed by atoms with Gasteiger partial charge in [0.05, 0.1) is 29.0 Å². The maximum Gasteiger partial charge on any atom is 0.343 e. The molecule has 170 valence electrons. The second kappa shape index (κ2) is 6.71. The van der Waals surface area contributed by atoms with Gasteiger partial charge in [0.25, 0.3) is 5.56 Å². The lowest BCUT2D eigenvalue weighted by Gasteiger charge is -2.35. The zero-order chi connectivity index (χ0) is 23.2. The first-order valence-electron chi connectivity index (χ1n) is 11.2. The van der Waals surface area contributed by atoms with Crippen LogP contribution in [0.5, 0.6) is 0 Å². The predicted molar refractivity (Wildman–Crippen MR) is 119 cm³/mol. The summed E-state index contributed by atoms with van der Waals surface area (Å²) in [5.74, 6) is -0.798. The molecule has 4 heterocycles. The van der Waals surface area contributed by atoms with E-state index in [0.29, 0.717) is 59.4 Å². The van der Waals surface area contributed by atoms with Gasteiger partial charge in [-0.05, 0) is 48.9 Å². The summed E-state index contributed by atoms with van der Waals surface area (Å²) in [4.78, 5) is 31.1. The largest absolute Gasteiger partial charge is 0.458 e. The molecule has 2 aromatic heterocycles. The molecule has 1 aliphatic carbocycles. The Labute approximate surface area is 189 Å². The third kappa shape index (κ3) is 2.42. The third-order valence-electron chi connectivity index (χ3n) is 7.74. The molecule has 0 fully saturated rings. The van der Waals surface area contributed by atoms with E-state index in [9.17, 15) is 14.0 Å². The van der Waals surface area contributed by atoms with Crippen molar-refractivity contribution >= 4 is 16.9 Å². The smallest absolute Gasteiger partial charge is 0.343 e. The number of hydrogen-bond donors (Lipinski definition) is 1. The van der Waals surface area contributed by atoms with Crippen molar-refractivity contribution < 1.29 is 18.7 Å². The Morgan fingerprint density at radius 2 is 2.09 bits per heavy atom. The number of ether oxygens (including phenoxy) is 2. The molecule has 3 aliphatic rings. The summed E-state index contributed by atoms with van der Waals surface area (Å²) in [5, 5.41) is 0.912. The van der Waals surface area contributed by atoms with E-state index in [1.54, 1.807) is 11.5 Å². The summed E-state index contributed by atoms with van der Waals surface area (Å²) < 4.78 is 27.4. The molecule has 0 bridgehead atoms. The standard InChI is InChI=1S/C25H24FN3O4/c1-4-25(32-3)15-7-19-22-13(9-29(19)23(30)14(15)10-33-24(25)31)20-17(27)6-5-12-11(2)16(26)8-18(28-22)21(12)20/h7-8,17H,4-6,9-10,27H2,1-3H3/t17-,25-/m0/s1. The van der Waals surface area contributed by atoms with Crippen LogP contribution in [0.3, 0.4) is 0 Å². The topological polar surface area (TPSA) is 96.4 Å². The Bertz CT molecular complexity index is 1450. The average Bonchev–Trinajstić information content (AvgIpc) is 3.17. The average molecular weight is 449 g/mol. The highest BCUT2D eigenvalue weighted by atomic mass is 19.1.